The van der Waals surface area contributed by atoms with Gasteiger partial charge < -0.3 is 14.9 Å². The van der Waals surface area contributed by atoms with Crippen LogP contribution in [-0.4, -0.2) is 53.7 Å². The lowest BCUT2D eigenvalue weighted by Crippen LogP contribution is -2.41. The van der Waals surface area contributed by atoms with E-state index in [1.165, 1.54) is 0 Å². The monoisotopic (exact) mass is 202 g/mol. The first-order valence-electron chi connectivity index (χ1n) is 5.21. The first kappa shape index (κ1) is 13.2. The lowest BCUT2D eigenvalue weighted by molar-refractivity contribution is 0.146. The summed E-state index contributed by atoms with van der Waals surface area (Å²) >= 11 is 0. The molecule has 84 valence electrons. The highest BCUT2D eigenvalue weighted by Gasteiger charge is 2.14. The third kappa shape index (κ3) is 4.46. The Morgan fingerprint density at radius 2 is 1.86 bits per heavy atom. The van der Waals surface area contributed by atoms with Crippen LogP contribution >= 0.6 is 0 Å². The Kier molecular flexibility index (Phi) is 6.28. The summed E-state index contributed by atoms with van der Waals surface area (Å²) in [6.45, 7) is 7.72. The predicted octanol–water partition coefficient (Wildman–Crippen LogP) is 1.15. The molecule has 1 N–H and O–H groups in total. The van der Waals surface area contributed by atoms with Gasteiger partial charge in [-0.25, -0.2) is 4.79 Å². The van der Waals surface area contributed by atoms with Crippen LogP contribution < -0.4 is 0 Å². The summed E-state index contributed by atoms with van der Waals surface area (Å²) in [7, 11) is 1.77. The van der Waals surface area contributed by atoms with Crippen molar-refractivity contribution in [2.75, 3.05) is 26.7 Å². The normalized spacial score (nSPS) is 12.4. The molecular formula is C10H22N2O2. The van der Waals surface area contributed by atoms with Crippen molar-refractivity contribution >= 4 is 6.03 Å². The molecule has 1 unspecified atom stereocenters. The van der Waals surface area contributed by atoms with Gasteiger partial charge in [0.2, 0.25) is 0 Å². The van der Waals surface area contributed by atoms with Crippen molar-refractivity contribution in [3.63, 3.8) is 0 Å². The number of carbonyl (C=O) groups is 1. The summed E-state index contributed by atoms with van der Waals surface area (Å²) in [6, 6.07) is 0.0376. The largest absolute Gasteiger partial charge is 0.393 e. The summed E-state index contributed by atoms with van der Waals surface area (Å²) in [5, 5.41) is 9.08. The fraction of sp³-hybridized carbons (Fsp3) is 0.900. The van der Waals surface area contributed by atoms with Crippen molar-refractivity contribution in [3.05, 3.63) is 0 Å². The standard InChI is InChI=1S/C10H22N2O2/c1-5-12(6-2)10(14)11(4)8-7-9(3)13/h9,13H,5-8H2,1-4H3. The van der Waals surface area contributed by atoms with Crippen LogP contribution in [0.5, 0.6) is 0 Å². The van der Waals surface area contributed by atoms with Gasteiger partial charge in [-0.1, -0.05) is 0 Å². The number of carbonyl (C=O) groups excluding carboxylic acids is 1. The molecule has 0 saturated carbocycles. The number of rotatable bonds is 5. The number of aliphatic hydroxyl groups excluding tert-OH is 1. The van der Waals surface area contributed by atoms with Crippen LogP contribution in [0.3, 0.4) is 0 Å². The maximum absolute atomic E-state index is 11.7. The SMILES string of the molecule is CCN(CC)C(=O)N(C)CCC(C)O. The van der Waals surface area contributed by atoms with Gasteiger partial charge in [-0.15, -0.1) is 0 Å². The molecule has 0 saturated heterocycles. The Hall–Kier alpha value is -0.770. The highest BCUT2D eigenvalue weighted by Crippen LogP contribution is 1.99. The van der Waals surface area contributed by atoms with Crippen LogP contribution in [0.1, 0.15) is 27.2 Å². The van der Waals surface area contributed by atoms with Crippen molar-refractivity contribution in [2.45, 2.75) is 33.3 Å². The molecule has 0 aromatic carbocycles. The van der Waals surface area contributed by atoms with E-state index in [4.69, 9.17) is 5.11 Å². The Morgan fingerprint density at radius 1 is 1.36 bits per heavy atom. The molecule has 0 heterocycles. The minimum atomic E-state index is -0.345. The molecule has 0 aliphatic heterocycles. The molecule has 0 aliphatic rings. The molecule has 0 rings (SSSR count). The lowest BCUT2D eigenvalue weighted by atomic mass is 10.3. The number of aliphatic hydroxyl groups is 1. The number of urea groups is 1. The summed E-state index contributed by atoms with van der Waals surface area (Å²) < 4.78 is 0. The Labute approximate surface area is 86.5 Å². The molecule has 14 heavy (non-hydrogen) atoms. The van der Waals surface area contributed by atoms with Gasteiger partial charge in [-0.05, 0) is 27.2 Å². The first-order valence-corrected chi connectivity index (χ1v) is 5.21. The van der Waals surface area contributed by atoms with Gasteiger partial charge in [0.1, 0.15) is 0 Å². The van der Waals surface area contributed by atoms with Crippen molar-refractivity contribution in [2.24, 2.45) is 0 Å². The minimum Gasteiger partial charge on any atom is -0.393 e. The summed E-state index contributed by atoms with van der Waals surface area (Å²) in [6.07, 6.45) is 0.283. The second-order valence-corrected chi connectivity index (χ2v) is 3.51. The summed E-state index contributed by atoms with van der Waals surface area (Å²) in [4.78, 5) is 15.1. The van der Waals surface area contributed by atoms with E-state index in [9.17, 15) is 4.79 Å². The van der Waals surface area contributed by atoms with E-state index in [-0.39, 0.29) is 12.1 Å². The predicted molar refractivity (Wildman–Crippen MR) is 57.2 cm³/mol. The van der Waals surface area contributed by atoms with Gasteiger partial charge in [0.15, 0.2) is 0 Å². The Balaban J connectivity index is 3.97. The van der Waals surface area contributed by atoms with Gasteiger partial charge in [0.05, 0.1) is 6.10 Å². The van der Waals surface area contributed by atoms with E-state index in [0.717, 1.165) is 13.1 Å². The van der Waals surface area contributed by atoms with Crippen molar-refractivity contribution in [3.8, 4) is 0 Å². The van der Waals surface area contributed by atoms with Crippen LogP contribution in [-0.2, 0) is 0 Å². The van der Waals surface area contributed by atoms with Crippen LogP contribution in [0, 0.1) is 0 Å². The van der Waals surface area contributed by atoms with Crippen LogP contribution in [0.25, 0.3) is 0 Å². The van der Waals surface area contributed by atoms with Gasteiger partial charge in [0, 0.05) is 26.7 Å². The molecule has 0 fully saturated rings. The van der Waals surface area contributed by atoms with E-state index >= 15 is 0 Å². The molecule has 0 aromatic rings. The van der Waals surface area contributed by atoms with E-state index < -0.39 is 0 Å². The fourth-order valence-corrected chi connectivity index (χ4v) is 1.21. The van der Waals surface area contributed by atoms with Crippen LogP contribution in [0.2, 0.25) is 0 Å². The number of hydrogen-bond donors (Lipinski definition) is 1. The topological polar surface area (TPSA) is 43.8 Å². The fourth-order valence-electron chi connectivity index (χ4n) is 1.21. The summed E-state index contributed by atoms with van der Waals surface area (Å²) in [5.74, 6) is 0. The van der Waals surface area contributed by atoms with Gasteiger partial charge in [-0.3, -0.25) is 0 Å². The van der Waals surface area contributed by atoms with Crippen molar-refractivity contribution in [1.29, 1.82) is 0 Å². The van der Waals surface area contributed by atoms with Gasteiger partial charge in [0.25, 0.3) is 0 Å². The van der Waals surface area contributed by atoms with E-state index in [2.05, 4.69) is 0 Å². The zero-order chi connectivity index (χ0) is 11.1. The maximum atomic E-state index is 11.7. The van der Waals surface area contributed by atoms with Gasteiger partial charge >= 0.3 is 6.03 Å². The molecule has 0 radical (unpaired) electrons. The molecule has 0 bridgehead atoms. The van der Waals surface area contributed by atoms with Crippen molar-refractivity contribution in [1.82, 2.24) is 9.80 Å². The van der Waals surface area contributed by atoms with E-state index in [1.807, 2.05) is 13.8 Å². The molecule has 0 aliphatic carbocycles. The lowest BCUT2D eigenvalue weighted by Gasteiger charge is -2.26. The Morgan fingerprint density at radius 3 is 2.21 bits per heavy atom. The first-order chi connectivity index (χ1) is 6.52. The number of amides is 2. The molecule has 4 nitrogen and oxygen atoms in total. The number of hydrogen-bond acceptors (Lipinski definition) is 2. The number of nitrogens with zero attached hydrogens (tertiary/aromatic N) is 2. The third-order valence-electron chi connectivity index (χ3n) is 2.24. The molecule has 2 amide bonds. The molecule has 1 atom stereocenters. The van der Waals surface area contributed by atoms with Gasteiger partial charge in [-0.2, -0.15) is 0 Å². The highest BCUT2D eigenvalue weighted by atomic mass is 16.3. The highest BCUT2D eigenvalue weighted by molar-refractivity contribution is 5.74. The minimum absolute atomic E-state index is 0.0376. The summed E-state index contributed by atoms with van der Waals surface area (Å²) in [5.41, 5.74) is 0. The van der Waals surface area contributed by atoms with E-state index in [1.54, 1.807) is 23.8 Å². The van der Waals surface area contributed by atoms with E-state index in [0.29, 0.717) is 13.0 Å². The molecular weight excluding hydrogens is 180 g/mol. The van der Waals surface area contributed by atoms with Crippen molar-refractivity contribution < 1.29 is 9.90 Å². The molecule has 0 spiro atoms. The smallest absolute Gasteiger partial charge is 0.319 e. The molecule has 0 aromatic heterocycles. The average Bonchev–Trinajstić information content (AvgIpc) is 2.15. The second-order valence-electron chi connectivity index (χ2n) is 3.51. The molecule has 4 heteroatoms. The Bertz CT molecular complexity index is 168. The zero-order valence-corrected chi connectivity index (χ0v) is 9.66. The van der Waals surface area contributed by atoms with Crippen LogP contribution in [0.4, 0.5) is 4.79 Å². The second kappa shape index (κ2) is 6.65. The maximum Gasteiger partial charge on any atom is 0.319 e. The van der Waals surface area contributed by atoms with Crippen LogP contribution in [0.15, 0.2) is 0 Å². The average molecular weight is 202 g/mol. The third-order valence-corrected chi connectivity index (χ3v) is 2.24. The zero-order valence-electron chi connectivity index (χ0n) is 9.66. The quantitative estimate of drug-likeness (QED) is 0.727.